The van der Waals surface area contributed by atoms with Crippen molar-refractivity contribution in [3.8, 4) is 17.1 Å². The van der Waals surface area contributed by atoms with Crippen molar-refractivity contribution in [2.75, 3.05) is 6.61 Å². The van der Waals surface area contributed by atoms with E-state index in [-0.39, 0.29) is 5.97 Å². The van der Waals surface area contributed by atoms with Crippen molar-refractivity contribution in [1.29, 1.82) is 0 Å². The molecule has 1 aromatic heterocycles. The Bertz CT molecular complexity index is 1050. The molecule has 0 aliphatic heterocycles. The van der Waals surface area contributed by atoms with Gasteiger partial charge in [-0.15, -0.1) is 0 Å². The minimum Gasteiger partial charge on any atom is -0.489 e. The second-order valence-electron chi connectivity index (χ2n) is 9.91. The van der Waals surface area contributed by atoms with Crippen molar-refractivity contribution >= 4 is 5.97 Å². The van der Waals surface area contributed by atoms with Gasteiger partial charge in [-0.05, 0) is 66.3 Å². The first-order chi connectivity index (χ1) is 18.1. The van der Waals surface area contributed by atoms with Crippen molar-refractivity contribution in [3.63, 3.8) is 0 Å². The molecule has 37 heavy (non-hydrogen) atoms. The highest BCUT2D eigenvalue weighted by Gasteiger charge is 2.09. The number of ether oxygens (including phenoxy) is 2. The van der Waals surface area contributed by atoms with E-state index >= 15 is 0 Å². The third kappa shape index (κ3) is 9.99. The van der Waals surface area contributed by atoms with Crippen LogP contribution >= 0.6 is 0 Å². The van der Waals surface area contributed by atoms with Crippen LogP contribution in [0.1, 0.15) is 93.6 Å². The minimum absolute atomic E-state index is 0.281. The Balaban J connectivity index is 1.42. The minimum atomic E-state index is -0.281. The lowest BCUT2D eigenvalue weighted by Crippen LogP contribution is -2.11. The van der Waals surface area contributed by atoms with Crippen molar-refractivity contribution in [2.45, 2.75) is 85.2 Å². The zero-order chi connectivity index (χ0) is 26.3. The van der Waals surface area contributed by atoms with E-state index in [1.54, 1.807) is 12.1 Å². The average molecular weight is 503 g/mol. The summed E-state index contributed by atoms with van der Waals surface area (Å²) in [4.78, 5) is 21.3. The summed E-state index contributed by atoms with van der Waals surface area (Å²) >= 11 is 0. The van der Waals surface area contributed by atoms with E-state index in [0.29, 0.717) is 24.7 Å². The van der Waals surface area contributed by atoms with Crippen molar-refractivity contribution in [1.82, 2.24) is 9.97 Å². The van der Waals surface area contributed by atoms with E-state index in [2.05, 4.69) is 30.7 Å². The molecule has 2 aromatic carbocycles. The summed E-state index contributed by atoms with van der Waals surface area (Å²) in [5, 5.41) is 0. The van der Waals surface area contributed by atoms with Gasteiger partial charge in [-0.25, -0.2) is 14.8 Å². The molecule has 0 amide bonds. The molecule has 3 aromatic rings. The highest BCUT2D eigenvalue weighted by Crippen LogP contribution is 2.21. The maximum absolute atomic E-state index is 12.2. The van der Waals surface area contributed by atoms with Gasteiger partial charge in [0, 0.05) is 18.0 Å². The maximum atomic E-state index is 12.2. The van der Waals surface area contributed by atoms with E-state index in [1.165, 1.54) is 50.5 Å². The molecule has 0 aliphatic rings. The fourth-order valence-electron chi connectivity index (χ4n) is 3.94. The predicted molar refractivity (Wildman–Crippen MR) is 150 cm³/mol. The molecule has 0 fully saturated rings. The molecule has 198 valence electrons. The van der Waals surface area contributed by atoms with E-state index in [1.807, 2.05) is 48.8 Å². The van der Waals surface area contributed by atoms with Crippen LogP contribution in [0.4, 0.5) is 0 Å². The van der Waals surface area contributed by atoms with Crippen LogP contribution < -0.4 is 4.74 Å². The number of carbonyl (C=O) groups excluding carboxylic acids is 1. The highest BCUT2D eigenvalue weighted by atomic mass is 16.5. The molecule has 0 saturated heterocycles. The standard InChI is InChI=1S/C32H42N2O3/c1-4-6-7-8-9-10-11-12-27-21-33-31(34-22-27)28-17-19-30(20-18-28)36-24-26-13-15-29(16-14-26)32(35)37-23-25(3)5-2/h13-22,25H,4-12,23-24H2,1-3H3. The summed E-state index contributed by atoms with van der Waals surface area (Å²) in [6.45, 7) is 7.28. The van der Waals surface area contributed by atoms with E-state index in [9.17, 15) is 4.79 Å². The Kier molecular flexibility index (Phi) is 12.1. The van der Waals surface area contributed by atoms with Crippen LogP contribution in [0, 0.1) is 5.92 Å². The number of benzene rings is 2. The van der Waals surface area contributed by atoms with Crippen LogP contribution in [-0.2, 0) is 17.8 Å². The number of carbonyl (C=O) groups is 1. The molecule has 0 saturated carbocycles. The number of unbranched alkanes of at least 4 members (excludes halogenated alkanes) is 6. The Morgan fingerprint density at radius 2 is 1.46 bits per heavy atom. The Hall–Kier alpha value is -3.21. The summed E-state index contributed by atoms with van der Waals surface area (Å²) in [6, 6.07) is 15.2. The number of aryl methyl sites for hydroxylation is 1. The summed E-state index contributed by atoms with van der Waals surface area (Å²) in [5.74, 6) is 1.59. The number of hydrogen-bond donors (Lipinski definition) is 0. The molecule has 1 unspecified atom stereocenters. The largest absolute Gasteiger partial charge is 0.489 e. The van der Waals surface area contributed by atoms with Gasteiger partial charge in [0.1, 0.15) is 12.4 Å². The molecule has 3 rings (SSSR count). The zero-order valence-electron chi connectivity index (χ0n) is 22.7. The lowest BCUT2D eigenvalue weighted by Gasteiger charge is -2.10. The van der Waals surface area contributed by atoms with Gasteiger partial charge in [0.15, 0.2) is 5.82 Å². The molecule has 0 aliphatic carbocycles. The predicted octanol–water partition coefficient (Wildman–Crippen LogP) is 8.22. The first-order valence-electron chi connectivity index (χ1n) is 13.9. The molecule has 0 radical (unpaired) electrons. The summed E-state index contributed by atoms with van der Waals surface area (Å²) in [5.41, 5.74) is 3.72. The molecular weight excluding hydrogens is 460 g/mol. The van der Waals surface area contributed by atoms with Gasteiger partial charge >= 0.3 is 5.97 Å². The third-order valence-corrected chi connectivity index (χ3v) is 6.68. The van der Waals surface area contributed by atoms with Crippen molar-refractivity contribution in [3.05, 3.63) is 77.6 Å². The molecule has 0 spiro atoms. The number of rotatable bonds is 16. The number of nitrogens with zero attached hydrogens (tertiary/aromatic N) is 2. The molecule has 5 heteroatoms. The summed E-state index contributed by atoms with van der Waals surface area (Å²) in [6.07, 6.45) is 15.1. The molecule has 1 atom stereocenters. The van der Waals surface area contributed by atoms with Gasteiger partial charge < -0.3 is 9.47 Å². The smallest absolute Gasteiger partial charge is 0.338 e. The van der Waals surface area contributed by atoms with Crippen LogP contribution in [0.2, 0.25) is 0 Å². The SMILES string of the molecule is CCCCCCCCCc1cnc(-c2ccc(OCc3ccc(C(=O)OCC(C)CC)cc3)cc2)nc1. The third-order valence-electron chi connectivity index (χ3n) is 6.68. The van der Waals surface area contributed by atoms with Crippen LogP contribution in [0.3, 0.4) is 0 Å². The lowest BCUT2D eigenvalue weighted by molar-refractivity contribution is 0.0447. The zero-order valence-corrected chi connectivity index (χ0v) is 22.7. The van der Waals surface area contributed by atoms with E-state index < -0.39 is 0 Å². The molecular formula is C32H42N2O3. The maximum Gasteiger partial charge on any atom is 0.338 e. The molecule has 1 heterocycles. The number of esters is 1. The van der Waals surface area contributed by atoms with Gasteiger partial charge in [0.2, 0.25) is 0 Å². The monoisotopic (exact) mass is 502 g/mol. The second kappa shape index (κ2) is 15.8. The summed E-state index contributed by atoms with van der Waals surface area (Å²) < 4.78 is 11.3. The Labute approximate surface area is 222 Å². The van der Waals surface area contributed by atoms with E-state index in [0.717, 1.165) is 35.5 Å². The first-order valence-corrected chi connectivity index (χ1v) is 13.9. The Morgan fingerprint density at radius 1 is 0.811 bits per heavy atom. The van der Waals surface area contributed by atoms with Crippen LogP contribution in [0.15, 0.2) is 60.9 Å². The van der Waals surface area contributed by atoms with Gasteiger partial charge in [-0.2, -0.15) is 0 Å². The normalized spacial score (nSPS) is 11.8. The quantitative estimate of drug-likeness (QED) is 0.146. The topological polar surface area (TPSA) is 61.3 Å². The van der Waals surface area contributed by atoms with Crippen LogP contribution in [0.25, 0.3) is 11.4 Å². The van der Waals surface area contributed by atoms with Crippen molar-refractivity contribution in [2.24, 2.45) is 5.92 Å². The van der Waals surface area contributed by atoms with Gasteiger partial charge in [0.25, 0.3) is 0 Å². The second-order valence-corrected chi connectivity index (χ2v) is 9.91. The fraction of sp³-hybridized carbons (Fsp3) is 0.469. The van der Waals surface area contributed by atoms with Gasteiger partial charge in [-0.1, -0.05) is 77.8 Å². The lowest BCUT2D eigenvalue weighted by atomic mass is 10.1. The molecule has 0 N–H and O–H groups in total. The highest BCUT2D eigenvalue weighted by molar-refractivity contribution is 5.89. The number of hydrogen-bond acceptors (Lipinski definition) is 5. The Morgan fingerprint density at radius 3 is 2.11 bits per heavy atom. The van der Waals surface area contributed by atoms with E-state index in [4.69, 9.17) is 9.47 Å². The molecule has 0 bridgehead atoms. The molecule has 5 nitrogen and oxygen atoms in total. The summed E-state index contributed by atoms with van der Waals surface area (Å²) in [7, 11) is 0. The first kappa shape index (κ1) is 28.4. The van der Waals surface area contributed by atoms with Crippen molar-refractivity contribution < 1.29 is 14.3 Å². The van der Waals surface area contributed by atoms with Crippen LogP contribution in [0.5, 0.6) is 5.75 Å². The van der Waals surface area contributed by atoms with Gasteiger partial charge in [-0.3, -0.25) is 0 Å². The fourth-order valence-corrected chi connectivity index (χ4v) is 3.94. The number of aromatic nitrogens is 2. The average Bonchev–Trinajstić information content (AvgIpc) is 2.95. The van der Waals surface area contributed by atoms with Crippen LogP contribution in [-0.4, -0.2) is 22.5 Å². The van der Waals surface area contributed by atoms with Gasteiger partial charge in [0.05, 0.1) is 12.2 Å².